The van der Waals surface area contributed by atoms with Gasteiger partial charge in [0.15, 0.2) is 0 Å². The topological polar surface area (TPSA) is 40.5 Å². The number of nitrogens with zero attached hydrogens (tertiary/aromatic N) is 1. The Balaban J connectivity index is 3.57. The zero-order chi connectivity index (χ0) is 9.78. The molecular weight excluding hydrogens is 175 g/mol. The molecule has 0 aromatic carbocycles. The number of rotatable bonds is 4. The van der Waals surface area contributed by atoms with Gasteiger partial charge in [0.1, 0.15) is 0 Å². The summed E-state index contributed by atoms with van der Waals surface area (Å²) in [5.41, 5.74) is 0. The fourth-order valence-corrected chi connectivity index (χ4v) is 0.628. The van der Waals surface area contributed by atoms with E-state index in [4.69, 9.17) is 5.11 Å². The molecule has 0 bridgehead atoms. The van der Waals surface area contributed by atoms with Crippen LogP contribution in [0.2, 0.25) is 0 Å². The fraction of sp³-hybridized carbons (Fsp3) is 0.833. The van der Waals surface area contributed by atoms with E-state index in [0.717, 1.165) is 4.90 Å². The van der Waals surface area contributed by atoms with E-state index < -0.39 is 18.6 Å². The van der Waals surface area contributed by atoms with E-state index >= 15 is 0 Å². The number of halogens is 3. The van der Waals surface area contributed by atoms with Gasteiger partial charge in [0.25, 0.3) is 0 Å². The highest BCUT2D eigenvalue weighted by Crippen LogP contribution is 2.19. The van der Waals surface area contributed by atoms with Crippen molar-refractivity contribution in [2.45, 2.75) is 12.6 Å². The molecule has 0 atom stereocenters. The predicted molar refractivity (Wildman–Crippen MR) is 35.8 cm³/mol. The second kappa shape index (κ2) is 4.30. The lowest BCUT2D eigenvalue weighted by Gasteiger charge is -2.14. The summed E-state index contributed by atoms with van der Waals surface area (Å²) < 4.78 is 34.7. The van der Waals surface area contributed by atoms with Crippen LogP contribution in [0.3, 0.4) is 0 Å². The van der Waals surface area contributed by atoms with Crippen LogP contribution < -0.4 is 0 Å². The van der Waals surface area contributed by atoms with Crippen molar-refractivity contribution in [2.24, 2.45) is 0 Å². The van der Waals surface area contributed by atoms with Crippen LogP contribution in [0, 0.1) is 0 Å². The van der Waals surface area contributed by atoms with Crippen LogP contribution in [-0.4, -0.2) is 42.3 Å². The molecule has 0 aromatic heterocycles. The van der Waals surface area contributed by atoms with E-state index in [1.54, 1.807) is 0 Å². The van der Waals surface area contributed by atoms with Gasteiger partial charge in [-0.15, -0.1) is 0 Å². The van der Waals surface area contributed by atoms with Crippen LogP contribution in [0.25, 0.3) is 0 Å². The smallest absolute Gasteiger partial charge is 0.390 e. The van der Waals surface area contributed by atoms with E-state index in [0.29, 0.717) is 0 Å². The van der Waals surface area contributed by atoms with Gasteiger partial charge in [-0.1, -0.05) is 0 Å². The molecule has 72 valence electrons. The van der Waals surface area contributed by atoms with Gasteiger partial charge in [0.05, 0.1) is 13.0 Å². The number of carboxylic acid groups (broad SMARTS) is 1. The van der Waals surface area contributed by atoms with E-state index in [1.807, 2.05) is 0 Å². The normalized spacial score (nSPS) is 12.1. The third-order valence-electron chi connectivity index (χ3n) is 1.18. The van der Waals surface area contributed by atoms with Gasteiger partial charge < -0.3 is 5.11 Å². The Labute approximate surface area is 67.8 Å². The molecule has 0 amide bonds. The van der Waals surface area contributed by atoms with Gasteiger partial charge in [-0.2, -0.15) is 13.2 Å². The first-order valence-corrected chi connectivity index (χ1v) is 3.28. The van der Waals surface area contributed by atoms with Crippen molar-refractivity contribution in [1.29, 1.82) is 0 Å². The minimum atomic E-state index is -4.22. The molecule has 0 aromatic rings. The summed E-state index contributed by atoms with van der Waals surface area (Å²) in [7, 11) is 1.33. The molecule has 0 fully saturated rings. The Hall–Kier alpha value is -0.780. The maximum Gasteiger partial charge on any atom is 0.390 e. The minimum Gasteiger partial charge on any atom is -0.480 e. The van der Waals surface area contributed by atoms with Crippen molar-refractivity contribution in [3.05, 3.63) is 0 Å². The van der Waals surface area contributed by atoms with E-state index in [1.165, 1.54) is 7.05 Å². The highest BCUT2D eigenvalue weighted by Gasteiger charge is 2.27. The Morgan fingerprint density at radius 2 is 2.00 bits per heavy atom. The SMILES string of the molecule is CN(CCC(F)(F)F)CC(=O)O. The molecule has 0 radical (unpaired) electrons. The van der Waals surface area contributed by atoms with Crippen molar-refractivity contribution >= 4 is 5.97 Å². The van der Waals surface area contributed by atoms with Crippen LogP contribution in [0.1, 0.15) is 6.42 Å². The number of hydrogen-bond acceptors (Lipinski definition) is 2. The summed E-state index contributed by atoms with van der Waals surface area (Å²) in [5.74, 6) is -1.13. The summed E-state index contributed by atoms with van der Waals surface area (Å²) >= 11 is 0. The summed E-state index contributed by atoms with van der Waals surface area (Å²) in [6, 6.07) is 0. The largest absolute Gasteiger partial charge is 0.480 e. The molecule has 0 spiro atoms. The predicted octanol–water partition coefficient (Wildman–Crippen LogP) is 0.955. The lowest BCUT2D eigenvalue weighted by Crippen LogP contribution is -2.29. The molecule has 12 heavy (non-hydrogen) atoms. The first kappa shape index (κ1) is 11.2. The Morgan fingerprint density at radius 3 is 2.33 bits per heavy atom. The van der Waals surface area contributed by atoms with Crippen molar-refractivity contribution in [1.82, 2.24) is 4.90 Å². The van der Waals surface area contributed by atoms with Gasteiger partial charge in [-0.05, 0) is 7.05 Å². The zero-order valence-corrected chi connectivity index (χ0v) is 6.56. The van der Waals surface area contributed by atoms with Gasteiger partial charge in [0.2, 0.25) is 0 Å². The molecule has 0 aliphatic heterocycles. The highest BCUT2D eigenvalue weighted by atomic mass is 19.4. The molecule has 0 saturated heterocycles. The monoisotopic (exact) mass is 185 g/mol. The first-order chi connectivity index (χ1) is 5.31. The molecule has 6 heteroatoms. The summed E-state index contributed by atoms with van der Waals surface area (Å²) in [6.07, 6.45) is -5.19. The van der Waals surface area contributed by atoms with E-state index in [9.17, 15) is 18.0 Å². The zero-order valence-electron chi connectivity index (χ0n) is 6.56. The van der Waals surface area contributed by atoms with Crippen LogP contribution in [-0.2, 0) is 4.79 Å². The molecule has 0 unspecified atom stereocenters. The van der Waals surface area contributed by atoms with E-state index in [2.05, 4.69) is 0 Å². The summed E-state index contributed by atoms with van der Waals surface area (Å²) in [6.45, 7) is -0.647. The molecule has 0 aliphatic rings. The maximum absolute atomic E-state index is 11.6. The van der Waals surface area contributed by atoms with E-state index in [-0.39, 0.29) is 13.1 Å². The van der Waals surface area contributed by atoms with Crippen molar-refractivity contribution < 1.29 is 23.1 Å². The molecule has 3 nitrogen and oxygen atoms in total. The van der Waals surface area contributed by atoms with Crippen LogP contribution in [0.4, 0.5) is 13.2 Å². The minimum absolute atomic E-state index is 0.282. The quantitative estimate of drug-likeness (QED) is 0.709. The number of aliphatic carboxylic acids is 1. The van der Waals surface area contributed by atoms with Gasteiger partial charge in [-0.25, -0.2) is 0 Å². The van der Waals surface area contributed by atoms with Crippen molar-refractivity contribution in [2.75, 3.05) is 20.1 Å². The third-order valence-corrected chi connectivity index (χ3v) is 1.18. The molecule has 1 N–H and O–H groups in total. The summed E-state index contributed by atoms with van der Waals surface area (Å²) in [4.78, 5) is 11.1. The molecule has 0 rings (SSSR count). The average molecular weight is 185 g/mol. The number of carbonyl (C=O) groups is 1. The molecule has 0 saturated carbocycles. The van der Waals surface area contributed by atoms with Crippen molar-refractivity contribution in [3.63, 3.8) is 0 Å². The number of alkyl halides is 3. The molecular formula is C6H10F3NO2. The van der Waals surface area contributed by atoms with Crippen LogP contribution in [0.5, 0.6) is 0 Å². The lowest BCUT2D eigenvalue weighted by atomic mass is 10.4. The van der Waals surface area contributed by atoms with Crippen molar-refractivity contribution in [3.8, 4) is 0 Å². The Kier molecular flexibility index (Phi) is 4.02. The van der Waals surface area contributed by atoms with Gasteiger partial charge >= 0.3 is 12.1 Å². The van der Waals surface area contributed by atoms with Gasteiger partial charge in [0, 0.05) is 6.54 Å². The highest BCUT2D eigenvalue weighted by molar-refractivity contribution is 5.68. The number of hydrogen-bond donors (Lipinski definition) is 1. The Morgan fingerprint density at radius 1 is 1.50 bits per heavy atom. The standard InChI is InChI=1S/C6H10F3NO2/c1-10(4-5(11)12)3-2-6(7,8)9/h2-4H2,1H3,(H,11,12). The lowest BCUT2D eigenvalue weighted by molar-refractivity contribution is -0.144. The number of likely N-dealkylation sites (N-methyl/N-ethyl adjacent to an activating group) is 1. The van der Waals surface area contributed by atoms with Crippen LogP contribution >= 0.6 is 0 Å². The third kappa shape index (κ3) is 7.33. The fourth-order valence-electron chi connectivity index (χ4n) is 0.628. The van der Waals surface area contributed by atoms with Crippen LogP contribution in [0.15, 0.2) is 0 Å². The molecule has 0 heterocycles. The second-order valence-electron chi connectivity index (χ2n) is 2.50. The maximum atomic E-state index is 11.6. The molecule has 0 aliphatic carbocycles. The first-order valence-electron chi connectivity index (χ1n) is 3.28. The average Bonchev–Trinajstić information content (AvgIpc) is 1.80. The summed E-state index contributed by atoms with van der Waals surface area (Å²) in [5, 5.41) is 8.19. The second-order valence-corrected chi connectivity index (χ2v) is 2.50. The Bertz CT molecular complexity index is 157. The van der Waals surface area contributed by atoms with Gasteiger partial charge in [-0.3, -0.25) is 9.69 Å². The number of carboxylic acids is 1.